The number of benzene rings is 1. The van der Waals surface area contributed by atoms with Crippen LogP contribution in [0.15, 0.2) is 22.7 Å². The molecule has 0 aliphatic heterocycles. The van der Waals surface area contributed by atoms with E-state index in [0.717, 1.165) is 28.1 Å². The zero-order valence-electron chi connectivity index (χ0n) is 11.2. The Kier molecular flexibility index (Phi) is 4.21. The van der Waals surface area contributed by atoms with Gasteiger partial charge in [0.2, 0.25) is 0 Å². The molecule has 0 unspecified atom stereocenters. The zero-order chi connectivity index (χ0) is 14.2. The lowest BCUT2D eigenvalue weighted by Crippen LogP contribution is -2.06. The van der Waals surface area contributed by atoms with Gasteiger partial charge in [-0.2, -0.15) is 0 Å². The number of anilines is 1. The van der Waals surface area contributed by atoms with Gasteiger partial charge in [-0.1, -0.05) is 41.4 Å². The van der Waals surface area contributed by atoms with Gasteiger partial charge in [0.25, 0.3) is 0 Å². The first-order valence-corrected chi connectivity index (χ1v) is 7.44. The summed E-state index contributed by atoms with van der Waals surface area (Å²) in [6.07, 6.45) is 0. The molecule has 1 aromatic heterocycles. The highest BCUT2D eigenvalue weighted by molar-refractivity contribution is 9.10. The summed E-state index contributed by atoms with van der Waals surface area (Å²) in [5.41, 5.74) is 7.85. The minimum atomic E-state index is 0.321. The summed E-state index contributed by atoms with van der Waals surface area (Å²) in [5, 5.41) is 0.658. The Morgan fingerprint density at radius 3 is 2.63 bits per heavy atom. The lowest BCUT2D eigenvalue weighted by atomic mass is 10.1. The third kappa shape index (κ3) is 2.65. The van der Waals surface area contributed by atoms with Crippen molar-refractivity contribution in [1.82, 2.24) is 9.55 Å². The molecular formula is C14H17BrClN3. The molecule has 0 amide bonds. The number of imidazole rings is 1. The predicted octanol–water partition coefficient (Wildman–Crippen LogP) is 4.69. The fourth-order valence-electron chi connectivity index (χ4n) is 2.13. The van der Waals surface area contributed by atoms with Gasteiger partial charge in [-0.15, -0.1) is 0 Å². The average molecular weight is 343 g/mol. The summed E-state index contributed by atoms with van der Waals surface area (Å²) in [6.45, 7) is 7.09. The van der Waals surface area contributed by atoms with E-state index in [9.17, 15) is 0 Å². The Hall–Kier alpha value is -1.00. The normalized spacial score (nSPS) is 11.3. The molecule has 0 saturated heterocycles. The number of nitrogens with zero attached hydrogens (tertiary/aromatic N) is 2. The zero-order valence-corrected chi connectivity index (χ0v) is 13.6. The summed E-state index contributed by atoms with van der Waals surface area (Å²) in [4.78, 5) is 4.68. The minimum Gasteiger partial charge on any atom is -0.383 e. The minimum absolute atomic E-state index is 0.321. The van der Waals surface area contributed by atoms with E-state index < -0.39 is 0 Å². The van der Waals surface area contributed by atoms with E-state index in [1.54, 1.807) is 0 Å². The third-order valence-electron chi connectivity index (χ3n) is 3.05. The number of halogens is 2. The van der Waals surface area contributed by atoms with Crippen molar-refractivity contribution in [3.05, 3.63) is 33.5 Å². The van der Waals surface area contributed by atoms with Crippen molar-refractivity contribution in [1.29, 1.82) is 0 Å². The molecule has 0 aliphatic rings. The van der Waals surface area contributed by atoms with Gasteiger partial charge in [0, 0.05) is 22.5 Å². The molecule has 0 aliphatic carbocycles. The monoisotopic (exact) mass is 341 g/mol. The van der Waals surface area contributed by atoms with Crippen LogP contribution in [0, 0.1) is 0 Å². The molecule has 0 bridgehead atoms. The van der Waals surface area contributed by atoms with Crippen molar-refractivity contribution < 1.29 is 0 Å². The van der Waals surface area contributed by atoms with Crippen molar-refractivity contribution in [3.8, 4) is 11.3 Å². The molecular weight excluding hydrogens is 326 g/mol. The topological polar surface area (TPSA) is 43.8 Å². The number of rotatable bonds is 3. The maximum absolute atomic E-state index is 6.26. The molecule has 1 heterocycles. The summed E-state index contributed by atoms with van der Waals surface area (Å²) < 4.78 is 3.00. The molecule has 2 N–H and O–H groups in total. The highest BCUT2D eigenvalue weighted by Gasteiger charge is 2.19. The molecule has 0 atom stereocenters. The van der Waals surface area contributed by atoms with Gasteiger partial charge in [0.1, 0.15) is 17.3 Å². The van der Waals surface area contributed by atoms with Crippen LogP contribution in [0.25, 0.3) is 11.3 Å². The average Bonchev–Trinajstić information content (AvgIpc) is 2.69. The number of nitrogens with two attached hydrogens (primary N) is 1. The van der Waals surface area contributed by atoms with Crippen molar-refractivity contribution in [2.45, 2.75) is 33.2 Å². The van der Waals surface area contributed by atoms with Crippen LogP contribution in [0.4, 0.5) is 5.82 Å². The van der Waals surface area contributed by atoms with E-state index in [1.165, 1.54) is 0 Å². The molecule has 0 saturated carbocycles. The predicted molar refractivity (Wildman–Crippen MR) is 84.5 cm³/mol. The van der Waals surface area contributed by atoms with Crippen LogP contribution < -0.4 is 5.73 Å². The number of hydrogen-bond acceptors (Lipinski definition) is 2. The van der Waals surface area contributed by atoms with Crippen LogP contribution in [-0.2, 0) is 6.54 Å². The first kappa shape index (κ1) is 14.4. The van der Waals surface area contributed by atoms with Gasteiger partial charge >= 0.3 is 0 Å². The lowest BCUT2D eigenvalue weighted by Gasteiger charge is -2.08. The molecule has 5 heteroatoms. The molecule has 1 aromatic carbocycles. The Labute approximate surface area is 126 Å². The van der Waals surface area contributed by atoms with Gasteiger partial charge in [0.15, 0.2) is 0 Å². The standard InChI is InChI=1S/C14H17BrClN3/c1-4-19-13(17)12(18-14(19)8(2)3)10-7-9(15)5-6-11(10)16/h5-8H,4,17H2,1-3H3. The van der Waals surface area contributed by atoms with Gasteiger partial charge in [0.05, 0.1) is 5.02 Å². The van der Waals surface area contributed by atoms with Crippen molar-refractivity contribution in [3.63, 3.8) is 0 Å². The van der Waals surface area contributed by atoms with Gasteiger partial charge in [-0.25, -0.2) is 4.98 Å². The van der Waals surface area contributed by atoms with Gasteiger partial charge < -0.3 is 10.3 Å². The summed E-state index contributed by atoms with van der Waals surface area (Å²) in [7, 11) is 0. The van der Waals surface area contributed by atoms with Gasteiger partial charge in [-0.3, -0.25) is 0 Å². The number of hydrogen-bond donors (Lipinski definition) is 1. The second kappa shape index (κ2) is 5.55. The Morgan fingerprint density at radius 1 is 1.42 bits per heavy atom. The summed E-state index contributed by atoms with van der Waals surface area (Å²) in [6, 6.07) is 5.70. The van der Waals surface area contributed by atoms with Crippen molar-refractivity contribution in [2.24, 2.45) is 0 Å². The van der Waals surface area contributed by atoms with Crippen LogP contribution in [0.2, 0.25) is 5.02 Å². The number of aromatic nitrogens is 2. The lowest BCUT2D eigenvalue weighted by molar-refractivity contribution is 0.658. The molecule has 102 valence electrons. The fraction of sp³-hybridized carbons (Fsp3) is 0.357. The summed E-state index contributed by atoms with van der Waals surface area (Å²) >= 11 is 9.72. The summed E-state index contributed by atoms with van der Waals surface area (Å²) in [5.74, 6) is 1.99. The van der Waals surface area contributed by atoms with Crippen LogP contribution in [-0.4, -0.2) is 9.55 Å². The fourth-order valence-corrected chi connectivity index (χ4v) is 2.70. The third-order valence-corrected chi connectivity index (χ3v) is 3.88. The second-order valence-corrected chi connectivity index (χ2v) is 6.05. The van der Waals surface area contributed by atoms with Crippen molar-refractivity contribution >= 4 is 33.3 Å². The molecule has 2 rings (SSSR count). The van der Waals surface area contributed by atoms with Crippen molar-refractivity contribution in [2.75, 3.05) is 5.73 Å². The molecule has 19 heavy (non-hydrogen) atoms. The first-order valence-electron chi connectivity index (χ1n) is 6.27. The van der Waals surface area contributed by atoms with E-state index in [1.807, 2.05) is 22.8 Å². The SMILES string of the molecule is CCn1c(C(C)C)nc(-c2cc(Br)ccc2Cl)c1N. The molecule has 0 fully saturated rings. The maximum Gasteiger partial charge on any atom is 0.131 e. The van der Waals surface area contributed by atoms with Crippen LogP contribution in [0.1, 0.15) is 32.5 Å². The molecule has 0 radical (unpaired) electrons. The van der Waals surface area contributed by atoms with Crippen LogP contribution in [0.3, 0.4) is 0 Å². The Balaban J connectivity index is 2.66. The highest BCUT2D eigenvalue weighted by Crippen LogP contribution is 2.35. The maximum atomic E-state index is 6.26. The molecule has 2 aromatic rings. The largest absolute Gasteiger partial charge is 0.383 e. The highest BCUT2D eigenvalue weighted by atomic mass is 79.9. The van der Waals surface area contributed by atoms with E-state index in [0.29, 0.717) is 16.8 Å². The Bertz CT molecular complexity index is 605. The van der Waals surface area contributed by atoms with E-state index in [-0.39, 0.29) is 0 Å². The van der Waals surface area contributed by atoms with Gasteiger partial charge in [-0.05, 0) is 25.1 Å². The van der Waals surface area contributed by atoms with E-state index in [2.05, 4.69) is 41.7 Å². The van der Waals surface area contributed by atoms with E-state index >= 15 is 0 Å². The quantitative estimate of drug-likeness (QED) is 0.879. The smallest absolute Gasteiger partial charge is 0.131 e. The second-order valence-electron chi connectivity index (χ2n) is 4.73. The van der Waals surface area contributed by atoms with E-state index in [4.69, 9.17) is 17.3 Å². The molecule has 0 spiro atoms. The molecule has 3 nitrogen and oxygen atoms in total. The number of nitrogen functional groups attached to an aromatic ring is 1. The van der Waals surface area contributed by atoms with Crippen LogP contribution in [0.5, 0.6) is 0 Å². The van der Waals surface area contributed by atoms with Crippen LogP contribution >= 0.6 is 27.5 Å². The Morgan fingerprint density at radius 2 is 2.11 bits per heavy atom. The first-order chi connectivity index (χ1) is 8.95.